The number of anilines is 2. The van der Waals surface area contributed by atoms with E-state index in [0.717, 1.165) is 0 Å². The molecule has 4 rings (SSSR count). The Balaban J connectivity index is 1.61. The molecule has 11 heteroatoms. The van der Waals surface area contributed by atoms with Gasteiger partial charge in [-0.05, 0) is 42.8 Å². The predicted octanol–water partition coefficient (Wildman–Crippen LogP) is 4.25. The first-order valence-electron chi connectivity index (χ1n) is 9.55. The zero-order valence-electron chi connectivity index (χ0n) is 16.9. The Kier molecular flexibility index (Phi) is 6.23. The monoisotopic (exact) mass is 492 g/mol. The first-order chi connectivity index (χ1) is 15.3. The summed E-state index contributed by atoms with van der Waals surface area (Å²) in [5, 5.41) is 3.33. The highest BCUT2D eigenvalue weighted by Gasteiger charge is 2.29. The highest BCUT2D eigenvalue weighted by Crippen LogP contribution is 2.30. The Hall–Kier alpha value is -2.88. The van der Waals surface area contributed by atoms with Crippen molar-refractivity contribution in [2.24, 2.45) is 0 Å². The molecule has 0 atom stereocenters. The van der Waals surface area contributed by atoms with Gasteiger partial charge >= 0.3 is 0 Å². The van der Waals surface area contributed by atoms with Gasteiger partial charge in [0.05, 0.1) is 41.5 Å². The lowest BCUT2D eigenvalue weighted by Crippen LogP contribution is -2.25. The fourth-order valence-corrected chi connectivity index (χ4v) is 5.33. The third-order valence-electron chi connectivity index (χ3n) is 4.86. The van der Waals surface area contributed by atoms with Crippen LogP contribution in [0.2, 0.25) is 10.0 Å². The molecule has 8 nitrogen and oxygen atoms in total. The Bertz CT molecular complexity index is 1280. The van der Waals surface area contributed by atoms with Gasteiger partial charge in [-0.1, -0.05) is 23.2 Å². The highest BCUT2D eigenvalue weighted by atomic mass is 35.5. The van der Waals surface area contributed by atoms with Crippen molar-refractivity contribution in [2.75, 3.05) is 29.0 Å². The van der Waals surface area contributed by atoms with Gasteiger partial charge in [-0.2, -0.15) is 0 Å². The molecule has 3 aromatic rings. The van der Waals surface area contributed by atoms with Crippen LogP contribution in [0.5, 0.6) is 5.75 Å². The normalized spacial score (nSPS) is 14.9. The second kappa shape index (κ2) is 8.93. The summed E-state index contributed by atoms with van der Waals surface area (Å²) in [5.74, 6) is 0.495. The van der Waals surface area contributed by atoms with E-state index >= 15 is 0 Å². The van der Waals surface area contributed by atoms with Crippen LogP contribution < -0.4 is 14.4 Å². The van der Waals surface area contributed by atoms with E-state index < -0.39 is 15.9 Å². The number of halogens is 2. The Labute approximate surface area is 195 Å². The molecule has 0 unspecified atom stereocenters. The van der Waals surface area contributed by atoms with Crippen LogP contribution in [0.25, 0.3) is 11.4 Å². The average Bonchev–Trinajstić information content (AvgIpc) is 3.12. The molecular formula is C21H18Cl2N4O4S. The maximum atomic E-state index is 13.0. The summed E-state index contributed by atoms with van der Waals surface area (Å²) in [7, 11) is -1.86. The molecule has 1 amide bonds. The number of carbonyl (C=O) groups excluding carboxylic acids is 1. The lowest BCUT2D eigenvalue weighted by molar-refractivity contribution is 0.102. The number of sulfonamides is 1. The van der Waals surface area contributed by atoms with Crippen LogP contribution in [-0.2, 0) is 10.0 Å². The molecule has 0 aliphatic carbocycles. The molecule has 166 valence electrons. The Morgan fingerprint density at radius 1 is 1.12 bits per heavy atom. The Morgan fingerprint density at radius 3 is 2.53 bits per heavy atom. The standard InChI is InChI=1S/C21H18Cl2N4O4S/c1-31-17-11-24-20(25-12-17)13-7-14(22)9-15(8-13)26-21(28)18-10-16(3-4-19(18)23)27-5-2-6-32(27,29)30/h3-4,7-12H,2,5-6H2,1H3,(H,26,28). The second-order valence-electron chi connectivity index (χ2n) is 7.04. The van der Waals surface area contributed by atoms with Gasteiger partial charge in [0.25, 0.3) is 5.91 Å². The molecule has 0 bridgehead atoms. The number of nitrogens with zero attached hydrogens (tertiary/aromatic N) is 3. The number of methoxy groups -OCH3 is 1. The van der Waals surface area contributed by atoms with Crippen molar-refractivity contribution < 1.29 is 17.9 Å². The largest absolute Gasteiger partial charge is 0.494 e. The SMILES string of the molecule is COc1cnc(-c2cc(Cl)cc(NC(=O)c3cc(N4CCCS4(=O)=O)ccc3Cl)c2)nc1. The van der Waals surface area contributed by atoms with Gasteiger partial charge in [0.1, 0.15) is 0 Å². The van der Waals surface area contributed by atoms with Crippen LogP contribution in [0.4, 0.5) is 11.4 Å². The van der Waals surface area contributed by atoms with E-state index in [0.29, 0.717) is 46.5 Å². The van der Waals surface area contributed by atoms with E-state index in [-0.39, 0.29) is 16.3 Å². The van der Waals surface area contributed by atoms with Crippen molar-refractivity contribution >= 4 is 50.5 Å². The summed E-state index contributed by atoms with van der Waals surface area (Å²) >= 11 is 12.5. The first-order valence-corrected chi connectivity index (χ1v) is 11.9. The fourth-order valence-electron chi connectivity index (χ4n) is 3.33. The van der Waals surface area contributed by atoms with Gasteiger partial charge in [-0.3, -0.25) is 9.10 Å². The van der Waals surface area contributed by atoms with Crippen molar-refractivity contribution in [1.82, 2.24) is 9.97 Å². The molecule has 1 aromatic heterocycles. The summed E-state index contributed by atoms with van der Waals surface area (Å²) in [6.07, 6.45) is 3.59. The number of aromatic nitrogens is 2. The minimum absolute atomic E-state index is 0.0792. The van der Waals surface area contributed by atoms with E-state index in [1.165, 1.54) is 35.9 Å². The van der Waals surface area contributed by atoms with Gasteiger partial charge in [0, 0.05) is 22.8 Å². The minimum atomic E-state index is -3.38. The number of ether oxygens (including phenoxy) is 1. The summed E-state index contributed by atoms with van der Waals surface area (Å²) in [5.41, 5.74) is 1.55. The molecular weight excluding hydrogens is 475 g/mol. The van der Waals surface area contributed by atoms with E-state index in [9.17, 15) is 13.2 Å². The molecule has 1 aliphatic heterocycles. The molecule has 1 N–H and O–H groups in total. The van der Waals surface area contributed by atoms with Gasteiger partial charge in [0.2, 0.25) is 10.0 Å². The lowest BCUT2D eigenvalue weighted by Gasteiger charge is -2.18. The fraction of sp³-hybridized carbons (Fsp3) is 0.190. The van der Waals surface area contributed by atoms with E-state index in [1.807, 2.05) is 0 Å². The van der Waals surface area contributed by atoms with E-state index in [2.05, 4.69) is 15.3 Å². The maximum absolute atomic E-state index is 13.0. The molecule has 1 saturated heterocycles. The summed E-state index contributed by atoms with van der Waals surface area (Å²) in [6.45, 7) is 0.366. The zero-order chi connectivity index (χ0) is 22.9. The number of hydrogen-bond acceptors (Lipinski definition) is 6. The Morgan fingerprint density at radius 2 is 1.88 bits per heavy atom. The van der Waals surface area contributed by atoms with Crippen LogP contribution in [-0.4, -0.2) is 43.7 Å². The first kappa shape index (κ1) is 22.3. The van der Waals surface area contributed by atoms with Gasteiger partial charge in [0.15, 0.2) is 11.6 Å². The second-order valence-corrected chi connectivity index (χ2v) is 9.89. The summed E-state index contributed by atoms with van der Waals surface area (Å²) < 4.78 is 30.8. The number of nitrogens with one attached hydrogen (secondary N) is 1. The van der Waals surface area contributed by atoms with E-state index in [1.54, 1.807) is 24.3 Å². The minimum Gasteiger partial charge on any atom is -0.494 e. The molecule has 2 aromatic carbocycles. The molecule has 32 heavy (non-hydrogen) atoms. The van der Waals surface area contributed by atoms with Gasteiger partial charge in [-0.15, -0.1) is 0 Å². The highest BCUT2D eigenvalue weighted by molar-refractivity contribution is 7.93. The van der Waals surface area contributed by atoms with Gasteiger partial charge < -0.3 is 10.1 Å². The number of amides is 1. The predicted molar refractivity (Wildman–Crippen MR) is 124 cm³/mol. The number of benzene rings is 2. The van der Waals surface area contributed by atoms with Crippen molar-refractivity contribution in [3.8, 4) is 17.1 Å². The topological polar surface area (TPSA) is 101 Å². The van der Waals surface area contributed by atoms with Crippen LogP contribution in [0.15, 0.2) is 48.8 Å². The molecule has 1 aliphatic rings. The van der Waals surface area contributed by atoms with Crippen LogP contribution in [0.1, 0.15) is 16.8 Å². The molecule has 0 saturated carbocycles. The maximum Gasteiger partial charge on any atom is 0.257 e. The van der Waals surface area contributed by atoms with Crippen LogP contribution >= 0.6 is 23.2 Å². The van der Waals surface area contributed by atoms with Crippen LogP contribution in [0, 0.1) is 0 Å². The van der Waals surface area contributed by atoms with Gasteiger partial charge in [-0.25, -0.2) is 18.4 Å². The number of rotatable bonds is 5. The quantitative estimate of drug-likeness (QED) is 0.570. The van der Waals surface area contributed by atoms with Crippen molar-refractivity contribution in [1.29, 1.82) is 0 Å². The third kappa shape index (κ3) is 4.64. The molecule has 1 fully saturated rings. The molecule has 2 heterocycles. The molecule has 0 spiro atoms. The van der Waals surface area contributed by atoms with Crippen LogP contribution in [0.3, 0.4) is 0 Å². The zero-order valence-corrected chi connectivity index (χ0v) is 19.2. The van der Waals surface area contributed by atoms with Crippen molar-refractivity contribution in [2.45, 2.75) is 6.42 Å². The van der Waals surface area contributed by atoms with Crippen molar-refractivity contribution in [3.63, 3.8) is 0 Å². The number of carbonyl (C=O) groups is 1. The van der Waals surface area contributed by atoms with E-state index in [4.69, 9.17) is 27.9 Å². The number of hydrogen-bond donors (Lipinski definition) is 1. The summed E-state index contributed by atoms with van der Waals surface area (Å²) in [6, 6.07) is 9.49. The summed E-state index contributed by atoms with van der Waals surface area (Å²) in [4.78, 5) is 21.4. The third-order valence-corrected chi connectivity index (χ3v) is 7.28. The average molecular weight is 493 g/mol. The smallest absolute Gasteiger partial charge is 0.257 e. The van der Waals surface area contributed by atoms with Crippen molar-refractivity contribution in [3.05, 3.63) is 64.4 Å². The molecule has 0 radical (unpaired) electrons. The lowest BCUT2D eigenvalue weighted by atomic mass is 10.1.